The fourth-order valence-electron chi connectivity index (χ4n) is 2.21. The molecule has 0 radical (unpaired) electrons. The highest BCUT2D eigenvalue weighted by Crippen LogP contribution is 2.38. The molecule has 0 bridgehead atoms. The molecule has 1 aliphatic carbocycles. The molecule has 0 saturated heterocycles. The smallest absolute Gasteiger partial charge is 0.0645 e. The lowest BCUT2D eigenvalue weighted by Crippen LogP contribution is -2.43. The van der Waals surface area contributed by atoms with Gasteiger partial charge in [-0.15, -0.1) is 0 Å². The molecule has 3 rings (SSSR count). The van der Waals surface area contributed by atoms with E-state index in [0.717, 1.165) is 18.5 Å². The molecule has 0 spiro atoms. The van der Waals surface area contributed by atoms with Crippen LogP contribution in [0.15, 0.2) is 42.7 Å². The van der Waals surface area contributed by atoms with Gasteiger partial charge in [-0.2, -0.15) is 5.10 Å². The van der Waals surface area contributed by atoms with E-state index in [0.29, 0.717) is 0 Å². The van der Waals surface area contributed by atoms with Crippen molar-refractivity contribution < 1.29 is 0 Å². The van der Waals surface area contributed by atoms with Gasteiger partial charge in [0, 0.05) is 17.9 Å². The first-order valence-corrected chi connectivity index (χ1v) is 5.67. The Bertz CT molecular complexity index is 466. The van der Waals surface area contributed by atoms with Crippen molar-refractivity contribution in [3.05, 3.63) is 48.3 Å². The number of rotatable bonds is 2. The van der Waals surface area contributed by atoms with Crippen molar-refractivity contribution in [1.29, 1.82) is 0 Å². The highest BCUT2D eigenvalue weighted by molar-refractivity contribution is 5.37. The number of aromatic nitrogens is 2. The topological polar surface area (TPSA) is 43.8 Å². The van der Waals surface area contributed by atoms with E-state index in [1.54, 1.807) is 6.20 Å². The summed E-state index contributed by atoms with van der Waals surface area (Å²) in [6.07, 6.45) is 7.18. The van der Waals surface area contributed by atoms with Crippen LogP contribution >= 0.6 is 0 Å². The molecule has 0 atom stereocenters. The van der Waals surface area contributed by atoms with Crippen molar-refractivity contribution >= 4 is 0 Å². The Morgan fingerprint density at radius 3 is 2.44 bits per heavy atom. The maximum Gasteiger partial charge on any atom is 0.0645 e. The standard InChI is InChI=1S/C13H15N3/c14-13(7-1-8-13)11-3-5-12(6-4-11)16-10-2-9-15-16/h2-6,9-10H,1,7-8,14H2. The molecule has 1 aromatic carbocycles. The van der Waals surface area contributed by atoms with Crippen LogP contribution in [-0.2, 0) is 5.54 Å². The lowest BCUT2D eigenvalue weighted by atomic mass is 9.73. The van der Waals surface area contributed by atoms with E-state index in [4.69, 9.17) is 5.73 Å². The molecule has 1 saturated carbocycles. The molecule has 2 aromatic rings. The second-order valence-electron chi connectivity index (χ2n) is 4.51. The maximum atomic E-state index is 6.27. The van der Waals surface area contributed by atoms with Gasteiger partial charge in [0.2, 0.25) is 0 Å². The van der Waals surface area contributed by atoms with Crippen molar-refractivity contribution in [3.63, 3.8) is 0 Å². The van der Waals surface area contributed by atoms with Gasteiger partial charge in [-0.25, -0.2) is 4.68 Å². The number of hydrogen-bond acceptors (Lipinski definition) is 2. The van der Waals surface area contributed by atoms with E-state index in [1.165, 1.54) is 12.0 Å². The normalized spacial score (nSPS) is 18.1. The summed E-state index contributed by atoms with van der Waals surface area (Å²) in [6, 6.07) is 10.3. The maximum absolute atomic E-state index is 6.27. The van der Waals surface area contributed by atoms with Crippen LogP contribution in [0.2, 0.25) is 0 Å². The van der Waals surface area contributed by atoms with Gasteiger partial charge in [0.1, 0.15) is 0 Å². The fraction of sp³-hybridized carbons (Fsp3) is 0.308. The summed E-state index contributed by atoms with van der Waals surface area (Å²) in [5.41, 5.74) is 8.53. The second kappa shape index (κ2) is 3.46. The van der Waals surface area contributed by atoms with Crippen molar-refractivity contribution in [3.8, 4) is 5.69 Å². The highest BCUT2D eigenvalue weighted by atomic mass is 15.3. The third-order valence-corrected chi connectivity index (χ3v) is 3.46. The second-order valence-corrected chi connectivity index (χ2v) is 4.51. The van der Waals surface area contributed by atoms with Crippen LogP contribution in [0, 0.1) is 0 Å². The summed E-state index contributed by atoms with van der Waals surface area (Å²) in [7, 11) is 0. The zero-order valence-corrected chi connectivity index (χ0v) is 9.13. The van der Waals surface area contributed by atoms with Gasteiger partial charge in [0.05, 0.1) is 5.69 Å². The molecular formula is C13H15N3. The van der Waals surface area contributed by atoms with Gasteiger partial charge in [-0.1, -0.05) is 12.1 Å². The molecule has 1 aliphatic rings. The fourth-order valence-corrected chi connectivity index (χ4v) is 2.21. The Morgan fingerprint density at radius 1 is 1.19 bits per heavy atom. The predicted octanol–water partition coefficient (Wildman–Crippen LogP) is 2.21. The van der Waals surface area contributed by atoms with Crippen LogP contribution in [0.5, 0.6) is 0 Å². The lowest BCUT2D eigenvalue weighted by Gasteiger charge is -2.38. The van der Waals surface area contributed by atoms with Gasteiger partial charge >= 0.3 is 0 Å². The van der Waals surface area contributed by atoms with Crippen molar-refractivity contribution in [2.24, 2.45) is 5.73 Å². The zero-order chi connectivity index (χ0) is 11.0. The van der Waals surface area contributed by atoms with Crippen molar-refractivity contribution in [1.82, 2.24) is 9.78 Å². The van der Waals surface area contributed by atoms with Crippen LogP contribution in [-0.4, -0.2) is 9.78 Å². The first-order chi connectivity index (χ1) is 7.78. The Kier molecular flexibility index (Phi) is 2.07. The van der Waals surface area contributed by atoms with Crippen LogP contribution in [0.25, 0.3) is 5.69 Å². The first-order valence-electron chi connectivity index (χ1n) is 5.67. The van der Waals surface area contributed by atoms with E-state index in [9.17, 15) is 0 Å². The van der Waals surface area contributed by atoms with E-state index >= 15 is 0 Å². The average molecular weight is 213 g/mol. The van der Waals surface area contributed by atoms with E-state index in [2.05, 4.69) is 29.4 Å². The molecule has 0 amide bonds. The molecule has 1 aromatic heterocycles. The lowest BCUT2D eigenvalue weighted by molar-refractivity contribution is 0.253. The highest BCUT2D eigenvalue weighted by Gasteiger charge is 2.33. The molecule has 2 N–H and O–H groups in total. The Morgan fingerprint density at radius 2 is 1.94 bits per heavy atom. The number of benzene rings is 1. The minimum atomic E-state index is -0.0668. The quantitative estimate of drug-likeness (QED) is 0.831. The monoisotopic (exact) mass is 213 g/mol. The molecule has 3 heteroatoms. The summed E-state index contributed by atoms with van der Waals surface area (Å²) in [6.45, 7) is 0. The minimum Gasteiger partial charge on any atom is -0.321 e. The molecule has 0 unspecified atom stereocenters. The van der Waals surface area contributed by atoms with Crippen LogP contribution < -0.4 is 5.73 Å². The van der Waals surface area contributed by atoms with Crippen LogP contribution in [0.4, 0.5) is 0 Å². The SMILES string of the molecule is NC1(c2ccc(-n3cccn3)cc2)CCC1. The Hall–Kier alpha value is -1.61. The van der Waals surface area contributed by atoms with Crippen LogP contribution in [0.3, 0.4) is 0 Å². The third kappa shape index (κ3) is 1.44. The Balaban J connectivity index is 1.91. The molecule has 82 valence electrons. The molecule has 16 heavy (non-hydrogen) atoms. The Labute approximate surface area is 94.9 Å². The summed E-state index contributed by atoms with van der Waals surface area (Å²) in [5, 5.41) is 4.20. The van der Waals surface area contributed by atoms with Gasteiger partial charge < -0.3 is 5.73 Å². The third-order valence-electron chi connectivity index (χ3n) is 3.46. The van der Waals surface area contributed by atoms with E-state index < -0.39 is 0 Å². The largest absolute Gasteiger partial charge is 0.321 e. The predicted molar refractivity (Wildman–Crippen MR) is 63.3 cm³/mol. The summed E-state index contributed by atoms with van der Waals surface area (Å²) >= 11 is 0. The van der Waals surface area contributed by atoms with Gasteiger partial charge in [-0.05, 0) is 43.0 Å². The number of nitrogens with two attached hydrogens (primary N) is 1. The zero-order valence-electron chi connectivity index (χ0n) is 9.13. The van der Waals surface area contributed by atoms with Gasteiger partial charge in [0.15, 0.2) is 0 Å². The average Bonchev–Trinajstić information content (AvgIpc) is 2.80. The molecular weight excluding hydrogens is 198 g/mol. The summed E-state index contributed by atoms with van der Waals surface area (Å²) in [4.78, 5) is 0. The van der Waals surface area contributed by atoms with Crippen molar-refractivity contribution in [2.75, 3.05) is 0 Å². The molecule has 1 fully saturated rings. The molecule has 1 heterocycles. The van der Waals surface area contributed by atoms with Crippen LogP contribution in [0.1, 0.15) is 24.8 Å². The minimum absolute atomic E-state index is 0.0668. The number of hydrogen-bond donors (Lipinski definition) is 1. The van der Waals surface area contributed by atoms with E-state index in [1.807, 2.05) is 16.9 Å². The van der Waals surface area contributed by atoms with Crippen molar-refractivity contribution in [2.45, 2.75) is 24.8 Å². The van der Waals surface area contributed by atoms with Gasteiger partial charge in [0.25, 0.3) is 0 Å². The summed E-state index contributed by atoms with van der Waals surface area (Å²) < 4.78 is 1.85. The summed E-state index contributed by atoms with van der Waals surface area (Å²) in [5.74, 6) is 0. The van der Waals surface area contributed by atoms with E-state index in [-0.39, 0.29) is 5.54 Å². The first kappa shape index (κ1) is 9.60. The molecule has 3 nitrogen and oxygen atoms in total. The van der Waals surface area contributed by atoms with Gasteiger partial charge in [-0.3, -0.25) is 0 Å². The molecule has 0 aliphatic heterocycles. The number of nitrogens with zero attached hydrogens (tertiary/aromatic N) is 2.